The van der Waals surface area contributed by atoms with Crippen LogP contribution in [0.25, 0.3) is 0 Å². The molecule has 0 saturated carbocycles. The van der Waals surface area contributed by atoms with E-state index in [1.165, 1.54) is 12.1 Å². The summed E-state index contributed by atoms with van der Waals surface area (Å²) in [6, 6.07) is 4.49. The second-order valence-electron chi connectivity index (χ2n) is 4.28. The van der Waals surface area contributed by atoms with E-state index in [4.69, 9.17) is 16.3 Å². The summed E-state index contributed by atoms with van der Waals surface area (Å²) in [4.78, 5) is 13.8. The van der Waals surface area contributed by atoms with Crippen LogP contribution >= 0.6 is 11.6 Å². The van der Waals surface area contributed by atoms with Gasteiger partial charge in [0.15, 0.2) is 18.1 Å². The normalized spacial score (nSPS) is 10.6. The predicted molar refractivity (Wildman–Crippen MR) is 79.4 cm³/mol. The minimum absolute atomic E-state index is 0.0755. The second-order valence-corrected chi connectivity index (χ2v) is 4.71. The number of hydrogen-bond donors (Lipinski definition) is 2. The van der Waals surface area contributed by atoms with E-state index >= 15 is 0 Å². The molecule has 6 heteroatoms. The summed E-state index contributed by atoms with van der Waals surface area (Å²) in [5.41, 5.74) is 0. The number of ether oxygens (including phenoxy) is 1. The molecule has 2 N–H and O–H groups in total. The van der Waals surface area contributed by atoms with Gasteiger partial charge < -0.3 is 20.1 Å². The Morgan fingerprint density at radius 2 is 2.10 bits per heavy atom. The third kappa shape index (κ3) is 5.67. The Hall–Kier alpha value is -1.46. The van der Waals surface area contributed by atoms with Gasteiger partial charge in [0, 0.05) is 24.2 Å². The van der Waals surface area contributed by atoms with Crippen molar-refractivity contribution in [3.8, 4) is 11.5 Å². The number of carbonyl (C=O) groups excluding carboxylic acids is 1. The van der Waals surface area contributed by atoms with Gasteiger partial charge in [-0.15, -0.1) is 0 Å². The Morgan fingerprint density at radius 3 is 2.70 bits per heavy atom. The number of halogens is 1. The maximum atomic E-state index is 11.6. The van der Waals surface area contributed by atoms with Crippen LogP contribution in [0.5, 0.6) is 11.5 Å². The highest BCUT2D eigenvalue weighted by Gasteiger charge is 2.07. The van der Waals surface area contributed by atoms with Gasteiger partial charge in [0.25, 0.3) is 5.91 Å². The largest absolute Gasteiger partial charge is 0.504 e. The van der Waals surface area contributed by atoms with E-state index < -0.39 is 0 Å². The van der Waals surface area contributed by atoms with Crippen molar-refractivity contribution in [2.75, 3.05) is 32.8 Å². The molecule has 1 aromatic rings. The zero-order valence-corrected chi connectivity index (χ0v) is 12.6. The SMILES string of the molecule is CCN(CC)CCNC(=O)COc1ccc(Cl)cc1O. The van der Waals surface area contributed by atoms with Crippen molar-refractivity contribution < 1.29 is 14.6 Å². The number of benzene rings is 1. The number of nitrogens with one attached hydrogen (secondary N) is 1. The molecule has 0 saturated heterocycles. The number of phenols is 1. The molecule has 0 aliphatic rings. The molecule has 0 atom stereocenters. The second kappa shape index (κ2) is 8.66. The zero-order chi connectivity index (χ0) is 15.0. The van der Waals surface area contributed by atoms with Crippen LogP contribution in [0.4, 0.5) is 0 Å². The van der Waals surface area contributed by atoms with Gasteiger partial charge in [-0.05, 0) is 25.2 Å². The van der Waals surface area contributed by atoms with Crippen molar-refractivity contribution in [3.63, 3.8) is 0 Å². The Bertz CT molecular complexity index is 436. The topological polar surface area (TPSA) is 61.8 Å². The fourth-order valence-corrected chi connectivity index (χ4v) is 1.87. The number of likely N-dealkylation sites (N-methyl/N-ethyl adjacent to an activating group) is 1. The van der Waals surface area contributed by atoms with Crippen molar-refractivity contribution in [2.45, 2.75) is 13.8 Å². The Balaban J connectivity index is 2.29. The van der Waals surface area contributed by atoms with Crippen molar-refractivity contribution in [3.05, 3.63) is 23.2 Å². The van der Waals surface area contributed by atoms with Crippen LogP contribution in [0.3, 0.4) is 0 Å². The van der Waals surface area contributed by atoms with Crippen LogP contribution in [0, 0.1) is 0 Å². The highest BCUT2D eigenvalue weighted by Crippen LogP contribution is 2.28. The molecule has 0 heterocycles. The van der Waals surface area contributed by atoms with E-state index in [-0.39, 0.29) is 24.0 Å². The monoisotopic (exact) mass is 300 g/mol. The molecule has 5 nitrogen and oxygen atoms in total. The first-order valence-corrected chi connectivity index (χ1v) is 7.05. The summed E-state index contributed by atoms with van der Waals surface area (Å²) in [5.74, 6) is -0.0479. The molecule has 0 aliphatic carbocycles. The Labute approximate surface area is 124 Å². The number of phenolic OH excluding ortho intramolecular Hbond substituents is 1. The third-order valence-electron chi connectivity index (χ3n) is 2.92. The lowest BCUT2D eigenvalue weighted by Crippen LogP contribution is -2.36. The van der Waals surface area contributed by atoms with Gasteiger partial charge in [-0.3, -0.25) is 4.79 Å². The summed E-state index contributed by atoms with van der Waals surface area (Å²) in [6.45, 7) is 7.34. The average Bonchev–Trinajstić information content (AvgIpc) is 2.42. The lowest BCUT2D eigenvalue weighted by atomic mass is 10.3. The average molecular weight is 301 g/mol. The summed E-state index contributed by atoms with van der Waals surface area (Å²) in [6.07, 6.45) is 0. The molecule has 0 aliphatic heterocycles. The molecule has 0 fully saturated rings. The summed E-state index contributed by atoms with van der Waals surface area (Å²) in [5, 5.41) is 12.8. The number of hydrogen-bond acceptors (Lipinski definition) is 4. The van der Waals surface area contributed by atoms with Gasteiger partial charge in [-0.1, -0.05) is 25.4 Å². The van der Waals surface area contributed by atoms with Crippen molar-refractivity contribution >= 4 is 17.5 Å². The molecule has 0 spiro atoms. The van der Waals surface area contributed by atoms with Crippen LogP contribution < -0.4 is 10.1 Å². The van der Waals surface area contributed by atoms with Crippen LogP contribution in [-0.4, -0.2) is 48.7 Å². The van der Waals surface area contributed by atoms with E-state index in [0.717, 1.165) is 19.6 Å². The number of carbonyl (C=O) groups is 1. The first-order valence-electron chi connectivity index (χ1n) is 6.67. The van der Waals surface area contributed by atoms with E-state index in [1.54, 1.807) is 6.07 Å². The van der Waals surface area contributed by atoms with E-state index in [1.807, 2.05) is 0 Å². The summed E-state index contributed by atoms with van der Waals surface area (Å²) in [7, 11) is 0. The quantitative estimate of drug-likeness (QED) is 0.769. The van der Waals surface area contributed by atoms with Crippen LogP contribution in [-0.2, 0) is 4.79 Å². The smallest absolute Gasteiger partial charge is 0.257 e. The maximum Gasteiger partial charge on any atom is 0.257 e. The third-order valence-corrected chi connectivity index (χ3v) is 3.16. The lowest BCUT2D eigenvalue weighted by Gasteiger charge is -2.18. The number of amides is 1. The molecule has 1 rings (SSSR count). The van der Waals surface area contributed by atoms with Crippen LogP contribution in [0.1, 0.15) is 13.8 Å². The molecule has 1 amide bonds. The van der Waals surface area contributed by atoms with E-state index in [9.17, 15) is 9.90 Å². The highest BCUT2D eigenvalue weighted by molar-refractivity contribution is 6.30. The molecule has 1 aromatic carbocycles. The van der Waals surface area contributed by atoms with Gasteiger partial charge in [-0.2, -0.15) is 0 Å². The molecule has 0 bridgehead atoms. The van der Waals surface area contributed by atoms with Crippen molar-refractivity contribution in [2.24, 2.45) is 0 Å². The first kappa shape index (κ1) is 16.6. The minimum atomic E-state index is -0.216. The van der Waals surface area contributed by atoms with Crippen molar-refractivity contribution in [1.82, 2.24) is 10.2 Å². The van der Waals surface area contributed by atoms with Gasteiger partial charge >= 0.3 is 0 Å². The number of aromatic hydroxyl groups is 1. The lowest BCUT2D eigenvalue weighted by molar-refractivity contribution is -0.123. The van der Waals surface area contributed by atoms with Crippen molar-refractivity contribution in [1.29, 1.82) is 0 Å². The summed E-state index contributed by atoms with van der Waals surface area (Å²) < 4.78 is 5.23. The summed E-state index contributed by atoms with van der Waals surface area (Å²) >= 11 is 5.71. The highest BCUT2D eigenvalue weighted by atomic mass is 35.5. The fourth-order valence-electron chi connectivity index (χ4n) is 1.70. The van der Waals surface area contributed by atoms with Gasteiger partial charge in [0.2, 0.25) is 0 Å². The molecule has 112 valence electrons. The zero-order valence-electron chi connectivity index (χ0n) is 11.9. The predicted octanol–water partition coefficient (Wildman–Crippen LogP) is 1.88. The fraction of sp³-hybridized carbons (Fsp3) is 0.500. The number of nitrogens with zero attached hydrogens (tertiary/aromatic N) is 1. The molecule has 0 radical (unpaired) electrons. The van der Waals surface area contributed by atoms with E-state index in [2.05, 4.69) is 24.1 Å². The molecular weight excluding hydrogens is 280 g/mol. The van der Waals surface area contributed by atoms with Crippen LogP contribution in [0.15, 0.2) is 18.2 Å². The van der Waals surface area contributed by atoms with Crippen LogP contribution in [0.2, 0.25) is 5.02 Å². The molecule has 20 heavy (non-hydrogen) atoms. The molecule has 0 aromatic heterocycles. The van der Waals surface area contributed by atoms with E-state index in [0.29, 0.717) is 11.6 Å². The van der Waals surface area contributed by atoms with Gasteiger partial charge in [0.05, 0.1) is 0 Å². The van der Waals surface area contributed by atoms with Gasteiger partial charge in [0.1, 0.15) is 0 Å². The first-order chi connectivity index (χ1) is 9.56. The maximum absolute atomic E-state index is 11.6. The van der Waals surface area contributed by atoms with Gasteiger partial charge in [-0.25, -0.2) is 0 Å². The minimum Gasteiger partial charge on any atom is -0.504 e. The Morgan fingerprint density at radius 1 is 1.40 bits per heavy atom. The Kier molecular flexibility index (Phi) is 7.18. The molecule has 0 unspecified atom stereocenters. The number of rotatable bonds is 8. The molecular formula is C14H21ClN2O3. The standard InChI is InChI=1S/C14H21ClN2O3/c1-3-17(4-2)8-7-16-14(19)10-20-13-6-5-11(15)9-12(13)18/h5-6,9,18H,3-4,7-8,10H2,1-2H3,(H,16,19).